The Morgan fingerprint density at radius 2 is 2.25 bits per heavy atom. The molecule has 1 aliphatic rings. The van der Waals surface area contributed by atoms with Crippen molar-refractivity contribution in [1.82, 2.24) is 5.32 Å². The maximum absolute atomic E-state index is 11.8. The van der Waals surface area contributed by atoms with Crippen LogP contribution in [0.25, 0.3) is 0 Å². The molecule has 1 aromatic carbocycles. The number of carbonyl (C=O) groups is 2. The largest absolute Gasteiger partial charge is 0.467 e. The predicted octanol–water partition coefficient (Wildman–Crippen LogP) is 2.74. The van der Waals surface area contributed by atoms with E-state index < -0.39 is 5.97 Å². The second-order valence-corrected chi connectivity index (χ2v) is 6.37. The highest BCUT2D eigenvalue weighted by atomic mass is 35.5. The van der Waals surface area contributed by atoms with Crippen LogP contribution >= 0.6 is 22.9 Å². The van der Waals surface area contributed by atoms with Gasteiger partial charge >= 0.3 is 5.97 Å². The standard InChI is InChI=1S/C16H14ClNO5S/c17-12-4-10-7-21-9-23-15(10)11(5-12)8-22-14(19)6-18-16(20)13-2-1-3-24-13/h1-5H,6-9H2,(H,18,20). The topological polar surface area (TPSA) is 73.9 Å². The summed E-state index contributed by atoms with van der Waals surface area (Å²) in [6, 6.07) is 6.89. The van der Waals surface area contributed by atoms with E-state index in [0.29, 0.717) is 27.8 Å². The van der Waals surface area contributed by atoms with Crippen molar-refractivity contribution in [2.24, 2.45) is 0 Å². The lowest BCUT2D eigenvalue weighted by Crippen LogP contribution is -2.30. The molecule has 0 bridgehead atoms. The van der Waals surface area contributed by atoms with Gasteiger partial charge in [-0.3, -0.25) is 9.59 Å². The van der Waals surface area contributed by atoms with Crippen LogP contribution < -0.4 is 10.1 Å². The fourth-order valence-corrected chi connectivity index (χ4v) is 3.12. The number of carbonyl (C=O) groups excluding carboxylic acids is 2. The number of halogens is 1. The van der Waals surface area contributed by atoms with Crippen molar-refractivity contribution in [2.45, 2.75) is 13.2 Å². The van der Waals surface area contributed by atoms with Gasteiger partial charge < -0.3 is 19.5 Å². The van der Waals surface area contributed by atoms with Gasteiger partial charge in [-0.05, 0) is 23.6 Å². The molecule has 0 aliphatic carbocycles. The fourth-order valence-electron chi connectivity index (χ4n) is 2.22. The number of amides is 1. The summed E-state index contributed by atoms with van der Waals surface area (Å²) in [7, 11) is 0. The second kappa shape index (κ2) is 7.65. The minimum atomic E-state index is -0.541. The maximum Gasteiger partial charge on any atom is 0.325 e. The summed E-state index contributed by atoms with van der Waals surface area (Å²) < 4.78 is 15.8. The van der Waals surface area contributed by atoms with E-state index in [0.717, 1.165) is 5.56 Å². The zero-order valence-electron chi connectivity index (χ0n) is 12.5. The molecule has 24 heavy (non-hydrogen) atoms. The van der Waals surface area contributed by atoms with Gasteiger partial charge in [0.2, 0.25) is 0 Å². The molecular formula is C16H14ClNO5S. The first kappa shape index (κ1) is 16.8. The average Bonchev–Trinajstić information content (AvgIpc) is 3.12. The number of fused-ring (bicyclic) bond motifs is 1. The van der Waals surface area contributed by atoms with Crippen LogP contribution in [0.2, 0.25) is 5.02 Å². The molecule has 1 aliphatic heterocycles. The van der Waals surface area contributed by atoms with Crippen LogP contribution in [0.3, 0.4) is 0 Å². The van der Waals surface area contributed by atoms with Gasteiger partial charge in [-0.2, -0.15) is 0 Å². The van der Waals surface area contributed by atoms with Crippen LogP contribution in [0.5, 0.6) is 5.75 Å². The minimum absolute atomic E-state index is 0.0105. The first-order chi connectivity index (χ1) is 11.6. The fraction of sp³-hybridized carbons (Fsp3) is 0.250. The first-order valence-electron chi connectivity index (χ1n) is 7.12. The van der Waals surface area contributed by atoms with E-state index in [1.54, 1.807) is 29.6 Å². The number of hydrogen-bond donors (Lipinski definition) is 1. The molecule has 1 amide bonds. The van der Waals surface area contributed by atoms with Gasteiger partial charge in [-0.25, -0.2) is 0 Å². The third-order valence-electron chi connectivity index (χ3n) is 3.28. The van der Waals surface area contributed by atoms with Gasteiger partial charge in [0, 0.05) is 16.1 Å². The summed E-state index contributed by atoms with van der Waals surface area (Å²) in [6.07, 6.45) is 0. The summed E-state index contributed by atoms with van der Waals surface area (Å²) in [6.45, 7) is 0.347. The van der Waals surface area contributed by atoms with Crippen molar-refractivity contribution in [3.8, 4) is 5.75 Å². The Labute approximate surface area is 147 Å². The highest BCUT2D eigenvalue weighted by molar-refractivity contribution is 7.12. The van der Waals surface area contributed by atoms with Gasteiger partial charge in [0.15, 0.2) is 6.79 Å². The van der Waals surface area contributed by atoms with Gasteiger partial charge in [-0.15, -0.1) is 11.3 Å². The molecule has 0 atom stereocenters. The van der Waals surface area contributed by atoms with Crippen molar-refractivity contribution < 1.29 is 23.8 Å². The molecule has 1 aromatic heterocycles. The molecule has 6 nitrogen and oxygen atoms in total. The number of benzene rings is 1. The van der Waals surface area contributed by atoms with Crippen molar-refractivity contribution in [1.29, 1.82) is 0 Å². The quantitative estimate of drug-likeness (QED) is 0.822. The van der Waals surface area contributed by atoms with Crippen molar-refractivity contribution in [3.05, 3.63) is 50.7 Å². The van der Waals surface area contributed by atoms with Crippen LogP contribution in [0.15, 0.2) is 29.6 Å². The Balaban J connectivity index is 1.55. The van der Waals surface area contributed by atoms with Crippen molar-refractivity contribution in [3.63, 3.8) is 0 Å². The molecule has 3 rings (SSSR count). The Morgan fingerprint density at radius 1 is 1.38 bits per heavy atom. The summed E-state index contributed by atoms with van der Waals surface area (Å²) in [5.41, 5.74) is 1.48. The molecule has 1 N–H and O–H groups in total. The molecule has 0 fully saturated rings. The average molecular weight is 368 g/mol. The van der Waals surface area contributed by atoms with Gasteiger partial charge in [-0.1, -0.05) is 17.7 Å². The Bertz CT molecular complexity index is 747. The van der Waals surface area contributed by atoms with Crippen LogP contribution in [0.1, 0.15) is 20.8 Å². The lowest BCUT2D eigenvalue weighted by atomic mass is 10.1. The lowest BCUT2D eigenvalue weighted by molar-refractivity contribution is -0.143. The highest BCUT2D eigenvalue weighted by Crippen LogP contribution is 2.32. The van der Waals surface area contributed by atoms with Crippen LogP contribution in [-0.2, 0) is 27.5 Å². The van der Waals surface area contributed by atoms with E-state index in [9.17, 15) is 9.59 Å². The van der Waals surface area contributed by atoms with E-state index in [1.165, 1.54) is 11.3 Å². The number of ether oxygens (including phenoxy) is 3. The Morgan fingerprint density at radius 3 is 3.04 bits per heavy atom. The minimum Gasteiger partial charge on any atom is -0.467 e. The van der Waals surface area contributed by atoms with Crippen LogP contribution in [0, 0.1) is 0 Å². The van der Waals surface area contributed by atoms with Crippen LogP contribution in [-0.4, -0.2) is 25.2 Å². The van der Waals surface area contributed by atoms with Crippen molar-refractivity contribution in [2.75, 3.05) is 13.3 Å². The SMILES string of the molecule is O=C(CNC(=O)c1cccs1)OCc1cc(Cl)cc2c1OCOC2. The molecular weight excluding hydrogens is 354 g/mol. The monoisotopic (exact) mass is 367 g/mol. The summed E-state index contributed by atoms with van der Waals surface area (Å²) in [4.78, 5) is 24.1. The molecule has 126 valence electrons. The summed E-state index contributed by atoms with van der Waals surface area (Å²) in [5, 5.41) is 4.82. The summed E-state index contributed by atoms with van der Waals surface area (Å²) in [5.74, 6) is -0.218. The lowest BCUT2D eigenvalue weighted by Gasteiger charge is -2.21. The number of esters is 1. The normalized spacial score (nSPS) is 12.9. The first-order valence-corrected chi connectivity index (χ1v) is 8.38. The maximum atomic E-state index is 11.8. The van der Waals surface area contributed by atoms with Gasteiger partial charge in [0.1, 0.15) is 18.9 Å². The van der Waals surface area contributed by atoms with E-state index >= 15 is 0 Å². The zero-order valence-corrected chi connectivity index (χ0v) is 14.1. The number of thiophene rings is 1. The molecule has 2 heterocycles. The van der Waals surface area contributed by atoms with E-state index in [2.05, 4.69) is 5.32 Å². The Kier molecular flexibility index (Phi) is 5.34. The molecule has 0 radical (unpaired) electrons. The Hall–Kier alpha value is -2.09. The smallest absolute Gasteiger partial charge is 0.325 e. The number of hydrogen-bond acceptors (Lipinski definition) is 6. The third-order valence-corrected chi connectivity index (χ3v) is 4.37. The zero-order chi connectivity index (χ0) is 16.9. The summed E-state index contributed by atoms with van der Waals surface area (Å²) >= 11 is 7.35. The number of rotatable bonds is 5. The molecule has 2 aromatic rings. The van der Waals surface area contributed by atoms with E-state index in [-0.39, 0.29) is 25.9 Å². The predicted molar refractivity (Wildman–Crippen MR) is 88.2 cm³/mol. The van der Waals surface area contributed by atoms with Crippen molar-refractivity contribution >= 4 is 34.8 Å². The molecule has 0 unspecified atom stereocenters. The molecule has 0 spiro atoms. The molecule has 8 heteroatoms. The number of nitrogens with one attached hydrogen (secondary N) is 1. The van der Waals surface area contributed by atoms with Gasteiger partial charge in [0.25, 0.3) is 5.91 Å². The third kappa shape index (κ3) is 4.05. The van der Waals surface area contributed by atoms with Crippen LogP contribution in [0.4, 0.5) is 0 Å². The van der Waals surface area contributed by atoms with E-state index in [1.807, 2.05) is 0 Å². The molecule has 0 saturated carbocycles. The van der Waals surface area contributed by atoms with E-state index in [4.69, 9.17) is 25.8 Å². The second-order valence-electron chi connectivity index (χ2n) is 4.98. The molecule has 0 saturated heterocycles. The highest BCUT2D eigenvalue weighted by Gasteiger charge is 2.18. The van der Waals surface area contributed by atoms with Gasteiger partial charge in [0.05, 0.1) is 11.5 Å².